The quantitative estimate of drug-likeness (QED) is 0.530. The second-order valence-corrected chi connectivity index (χ2v) is 6.79. The predicted molar refractivity (Wildman–Crippen MR) is 102 cm³/mol. The Labute approximate surface area is 157 Å². The van der Waals surface area contributed by atoms with E-state index in [1.54, 1.807) is 23.9 Å². The minimum atomic E-state index is -0.219. The molecule has 0 fully saturated rings. The molecule has 0 atom stereocenters. The van der Waals surface area contributed by atoms with Crippen molar-refractivity contribution < 1.29 is 9.13 Å². The Morgan fingerprint density at radius 2 is 1.85 bits per heavy atom. The van der Waals surface area contributed by atoms with Gasteiger partial charge in [0.1, 0.15) is 18.2 Å². The number of ether oxygens (including phenoxy) is 1. The highest BCUT2D eigenvalue weighted by Crippen LogP contribution is 2.23. The van der Waals surface area contributed by atoms with Crippen LogP contribution in [0.15, 0.2) is 53.7 Å². The Bertz CT molecular complexity index is 849. The molecule has 0 saturated heterocycles. The van der Waals surface area contributed by atoms with Crippen molar-refractivity contribution in [2.75, 3.05) is 0 Å². The van der Waals surface area contributed by atoms with E-state index < -0.39 is 0 Å². The molecular weight excluding hydrogens is 349 g/mol. The summed E-state index contributed by atoms with van der Waals surface area (Å²) in [6.07, 6.45) is 1.01. The third-order valence-corrected chi connectivity index (χ3v) is 5.10. The first-order chi connectivity index (χ1) is 12.7. The van der Waals surface area contributed by atoms with Gasteiger partial charge in [0.2, 0.25) is 0 Å². The van der Waals surface area contributed by atoms with Gasteiger partial charge in [0.05, 0.1) is 0 Å². The molecule has 3 rings (SSSR count). The van der Waals surface area contributed by atoms with E-state index >= 15 is 0 Å². The molecule has 136 valence electrons. The molecule has 4 nitrogen and oxygen atoms in total. The summed E-state index contributed by atoms with van der Waals surface area (Å²) in [5, 5.41) is 9.34. The van der Waals surface area contributed by atoms with E-state index in [9.17, 15) is 4.39 Å². The van der Waals surface area contributed by atoms with Crippen LogP contribution >= 0.6 is 11.8 Å². The zero-order valence-electron chi connectivity index (χ0n) is 15.0. The third kappa shape index (κ3) is 4.64. The van der Waals surface area contributed by atoms with Gasteiger partial charge in [-0.1, -0.05) is 43.0 Å². The van der Waals surface area contributed by atoms with Gasteiger partial charge in [-0.3, -0.25) is 0 Å². The van der Waals surface area contributed by atoms with Gasteiger partial charge >= 0.3 is 0 Å². The summed E-state index contributed by atoms with van der Waals surface area (Å²) in [7, 11) is 0. The molecule has 1 aromatic heterocycles. The van der Waals surface area contributed by atoms with Crippen LogP contribution in [0.2, 0.25) is 0 Å². The van der Waals surface area contributed by atoms with Gasteiger partial charge in [-0.25, -0.2) is 4.39 Å². The Morgan fingerprint density at radius 3 is 2.54 bits per heavy atom. The average molecular weight is 371 g/mol. The zero-order valence-corrected chi connectivity index (χ0v) is 15.8. The summed E-state index contributed by atoms with van der Waals surface area (Å²) in [6, 6.07) is 14.7. The van der Waals surface area contributed by atoms with Gasteiger partial charge in [-0.2, -0.15) is 0 Å². The number of hydrogen-bond acceptors (Lipinski definition) is 4. The smallest absolute Gasteiger partial charge is 0.191 e. The van der Waals surface area contributed by atoms with Crippen LogP contribution in [0.5, 0.6) is 5.75 Å². The molecule has 0 unspecified atom stereocenters. The van der Waals surface area contributed by atoms with Gasteiger partial charge in [0.15, 0.2) is 11.0 Å². The summed E-state index contributed by atoms with van der Waals surface area (Å²) in [5.41, 5.74) is 2.21. The monoisotopic (exact) mass is 371 g/mol. The van der Waals surface area contributed by atoms with Crippen molar-refractivity contribution in [2.45, 2.75) is 44.3 Å². The van der Waals surface area contributed by atoms with Crippen LogP contribution < -0.4 is 4.74 Å². The molecular formula is C20H22FN3OS. The summed E-state index contributed by atoms with van der Waals surface area (Å²) >= 11 is 1.55. The molecule has 0 aliphatic carbocycles. The van der Waals surface area contributed by atoms with Crippen molar-refractivity contribution in [3.05, 3.63) is 71.3 Å². The SMILES string of the molecule is CCc1ccc(OCc2nnc(SCc3cccc(F)c3)n2CC)cc1. The highest BCUT2D eigenvalue weighted by molar-refractivity contribution is 7.98. The van der Waals surface area contributed by atoms with E-state index in [0.29, 0.717) is 12.4 Å². The van der Waals surface area contributed by atoms with Gasteiger partial charge in [-0.15, -0.1) is 10.2 Å². The molecule has 0 bridgehead atoms. The molecule has 0 aliphatic rings. The maximum absolute atomic E-state index is 13.3. The van der Waals surface area contributed by atoms with E-state index in [4.69, 9.17) is 4.74 Å². The summed E-state index contributed by atoms with van der Waals surface area (Å²) in [4.78, 5) is 0. The molecule has 0 radical (unpaired) electrons. The fourth-order valence-electron chi connectivity index (χ4n) is 2.59. The highest BCUT2D eigenvalue weighted by atomic mass is 32.2. The number of rotatable bonds is 8. The summed E-state index contributed by atoms with van der Waals surface area (Å²) in [5.74, 6) is 2.04. The van der Waals surface area contributed by atoms with E-state index in [1.807, 2.05) is 22.8 Å². The van der Waals surface area contributed by atoms with Crippen molar-refractivity contribution in [3.8, 4) is 5.75 Å². The van der Waals surface area contributed by atoms with Crippen LogP contribution in [-0.4, -0.2) is 14.8 Å². The Morgan fingerprint density at radius 1 is 1.04 bits per heavy atom. The number of aromatic nitrogens is 3. The number of halogens is 1. The number of thioether (sulfide) groups is 1. The minimum Gasteiger partial charge on any atom is -0.486 e. The molecule has 0 amide bonds. The molecule has 1 heterocycles. The standard InChI is InChI=1S/C20H22FN3OS/c1-3-15-8-10-18(11-9-15)25-13-19-22-23-20(24(19)4-2)26-14-16-6-5-7-17(21)12-16/h5-12H,3-4,13-14H2,1-2H3. The lowest BCUT2D eigenvalue weighted by Gasteiger charge is -2.09. The van der Waals surface area contributed by atoms with Crippen LogP contribution in [0.25, 0.3) is 0 Å². The topological polar surface area (TPSA) is 39.9 Å². The van der Waals surface area contributed by atoms with Crippen LogP contribution in [0.1, 0.15) is 30.8 Å². The van der Waals surface area contributed by atoms with Crippen LogP contribution in [0, 0.1) is 5.82 Å². The number of benzene rings is 2. The average Bonchev–Trinajstić information content (AvgIpc) is 3.07. The second-order valence-electron chi connectivity index (χ2n) is 5.85. The van der Waals surface area contributed by atoms with E-state index in [1.165, 1.54) is 11.6 Å². The van der Waals surface area contributed by atoms with Gasteiger partial charge in [0, 0.05) is 12.3 Å². The Kier molecular flexibility index (Phi) is 6.28. The van der Waals surface area contributed by atoms with Gasteiger partial charge < -0.3 is 9.30 Å². The number of aryl methyl sites for hydroxylation is 1. The Balaban J connectivity index is 1.63. The maximum Gasteiger partial charge on any atom is 0.191 e. The number of nitrogens with zero attached hydrogens (tertiary/aromatic N) is 3. The van der Waals surface area contributed by atoms with Crippen molar-refractivity contribution in [1.29, 1.82) is 0 Å². The minimum absolute atomic E-state index is 0.219. The first kappa shape index (κ1) is 18.5. The van der Waals surface area contributed by atoms with E-state index in [0.717, 1.165) is 35.3 Å². The molecule has 0 aliphatic heterocycles. The maximum atomic E-state index is 13.3. The van der Waals surface area contributed by atoms with E-state index in [2.05, 4.69) is 36.2 Å². The van der Waals surface area contributed by atoms with Crippen molar-refractivity contribution in [3.63, 3.8) is 0 Å². The lowest BCUT2D eigenvalue weighted by atomic mass is 10.2. The molecule has 26 heavy (non-hydrogen) atoms. The van der Waals surface area contributed by atoms with Crippen molar-refractivity contribution in [1.82, 2.24) is 14.8 Å². The molecule has 2 aromatic carbocycles. The molecule has 0 spiro atoms. The third-order valence-electron chi connectivity index (χ3n) is 4.07. The zero-order chi connectivity index (χ0) is 18.4. The fourth-order valence-corrected chi connectivity index (χ4v) is 3.56. The lowest BCUT2D eigenvalue weighted by Crippen LogP contribution is -2.07. The highest BCUT2D eigenvalue weighted by Gasteiger charge is 2.12. The van der Waals surface area contributed by atoms with Crippen LogP contribution in [0.4, 0.5) is 4.39 Å². The fraction of sp³-hybridized carbons (Fsp3) is 0.300. The lowest BCUT2D eigenvalue weighted by molar-refractivity contribution is 0.288. The molecule has 0 saturated carbocycles. The van der Waals surface area contributed by atoms with Gasteiger partial charge in [0.25, 0.3) is 0 Å². The van der Waals surface area contributed by atoms with Crippen molar-refractivity contribution in [2.24, 2.45) is 0 Å². The summed E-state index contributed by atoms with van der Waals surface area (Å²) < 4.78 is 21.2. The van der Waals surface area contributed by atoms with Crippen LogP contribution in [0.3, 0.4) is 0 Å². The predicted octanol–water partition coefficient (Wildman–Crippen LogP) is 4.87. The number of hydrogen-bond donors (Lipinski definition) is 0. The molecule has 0 N–H and O–H groups in total. The van der Waals surface area contributed by atoms with E-state index in [-0.39, 0.29) is 5.82 Å². The van der Waals surface area contributed by atoms with Crippen molar-refractivity contribution >= 4 is 11.8 Å². The molecule has 6 heteroatoms. The molecule has 3 aromatic rings. The largest absolute Gasteiger partial charge is 0.486 e. The van der Waals surface area contributed by atoms with Gasteiger partial charge in [-0.05, 0) is 48.7 Å². The summed E-state index contributed by atoms with van der Waals surface area (Å²) in [6.45, 7) is 5.30. The Hall–Kier alpha value is -2.34. The second kappa shape index (κ2) is 8.85. The first-order valence-electron chi connectivity index (χ1n) is 8.70. The normalized spacial score (nSPS) is 10.9. The van der Waals surface area contributed by atoms with Crippen LogP contribution in [-0.2, 0) is 25.3 Å². The first-order valence-corrected chi connectivity index (χ1v) is 9.69.